The van der Waals surface area contributed by atoms with Crippen LogP contribution < -0.4 is 0 Å². The molecule has 1 aliphatic heterocycles. The number of benzene rings is 3. The van der Waals surface area contributed by atoms with Gasteiger partial charge in [-0.1, -0.05) is 76.1 Å². The number of aryl methyl sites for hydroxylation is 1. The fraction of sp³-hybridized carbons (Fsp3) is 0.0741. The molecule has 0 saturated heterocycles. The van der Waals surface area contributed by atoms with Crippen LogP contribution in [0, 0.1) is 6.92 Å². The van der Waals surface area contributed by atoms with Gasteiger partial charge in [0.1, 0.15) is 5.76 Å². The highest BCUT2D eigenvalue weighted by atomic mass is 79.9. The minimum absolute atomic E-state index is 0.326. The molecule has 0 amide bonds. The Hall–Kier alpha value is -3.37. The van der Waals surface area contributed by atoms with E-state index in [1.54, 1.807) is 0 Å². The number of rotatable bonds is 4. The van der Waals surface area contributed by atoms with Gasteiger partial charge in [0.15, 0.2) is 0 Å². The van der Waals surface area contributed by atoms with Crippen molar-refractivity contribution in [2.45, 2.75) is 13.5 Å². The van der Waals surface area contributed by atoms with Gasteiger partial charge in [-0.15, -0.1) is 0 Å². The molecule has 3 aromatic carbocycles. The Labute approximate surface area is 189 Å². The maximum Gasteiger partial charge on any atom is 0.343 e. The largest absolute Gasteiger partial charge is 0.422 e. The lowest BCUT2D eigenvalue weighted by atomic mass is 10.1. The van der Waals surface area contributed by atoms with Gasteiger partial charge in [-0.3, -0.25) is 0 Å². The first-order valence-electron chi connectivity index (χ1n) is 10.1. The van der Waals surface area contributed by atoms with Gasteiger partial charge in [-0.2, -0.15) is 0 Å². The van der Waals surface area contributed by atoms with Gasteiger partial charge < -0.3 is 9.30 Å². The van der Waals surface area contributed by atoms with Crippen LogP contribution in [0.3, 0.4) is 0 Å². The van der Waals surface area contributed by atoms with Gasteiger partial charge in [0, 0.05) is 39.2 Å². The minimum atomic E-state index is -0.326. The lowest BCUT2D eigenvalue weighted by Crippen LogP contribution is -1.98. The van der Waals surface area contributed by atoms with Gasteiger partial charge in [0.05, 0.1) is 5.57 Å². The molecule has 0 unspecified atom stereocenters. The van der Waals surface area contributed by atoms with Gasteiger partial charge >= 0.3 is 5.97 Å². The maximum absolute atomic E-state index is 12.5. The van der Waals surface area contributed by atoms with Crippen LogP contribution in [0.2, 0.25) is 0 Å². The molecule has 2 heterocycles. The van der Waals surface area contributed by atoms with Crippen LogP contribution in [0.5, 0.6) is 0 Å². The summed E-state index contributed by atoms with van der Waals surface area (Å²) in [6.07, 6.45) is 5.85. The Morgan fingerprint density at radius 1 is 1.00 bits per heavy atom. The Morgan fingerprint density at radius 3 is 2.61 bits per heavy atom. The van der Waals surface area contributed by atoms with Gasteiger partial charge in [0.2, 0.25) is 0 Å². The Morgan fingerprint density at radius 2 is 1.81 bits per heavy atom. The minimum Gasteiger partial charge on any atom is -0.422 e. The second-order valence-corrected chi connectivity index (χ2v) is 8.64. The van der Waals surface area contributed by atoms with Crippen molar-refractivity contribution >= 4 is 44.6 Å². The van der Waals surface area contributed by atoms with Crippen molar-refractivity contribution in [3.63, 3.8) is 0 Å². The summed E-state index contributed by atoms with van der Waals surface area (Å²) in [6, 6.07) is 24.5. The van der Waals surface area contributed by atoms with Crippen LogP contribution in [0.4, 0.5) is 0 Å². The maximum atomic E-state index is 12.5. The van der Waals surface area contributed by atoms with E-state index >= 15 is 0 Å². The summed E-state index contributed by atoms with van der Waals surface area (Å²) in [4.78, 5) is 12.5. The third kappa shape index (κ3) is 3.99. The van der Waals surface area contributed by atoms with Crippen LogP contribution in [0.15, 0.2) is 95.1 Å². The van der Waals surface area contributed by atoms with Crippen molar-refractivity contribution in [2.24, 2.45) is 0 Å². The van der Waals surface area contributed by atoms with E-state index in [1.807, 2.05) is 48.6 Å². The van der Waals surface area contributed by atoms with Crippen molar-refractivity contribution in [1.82, 2.24) is 4.57 Å². The summed E-state index contributed by atoms with van der Waals surface area (Å²) in [5.41, 5.74) is 6.06. The number of hydrogen-bond donors (Lipinski definition) is 0. The van der Waals surface area contributed by atoms with Crippen molar-refractivity contribution in [3.05, 3.63) is 117 Å². The first kappa shape index (κ1) is 19.6. The van der Waals surface area contributed by atoms with E-state index in [4.69, 9.17) is 4.74 Å². The number of halogens is 1. The Balaban J connectivity index is 1.53. The summed E-state index contributed by atoms with van der Waals surface area (Å²) in [5, 5.41) is 1.11. The van der Waals surface area contributed by atoms with Crippen molar-refractivity contribution in [2.75, 3.05) is 0 Å². The summed E-state index contributed by atoms with van der Waals surface area (Å²) < 4.78 is 8.75. The molecule has 0 radical (unpaired) electrons. The number of aromatic nitrogens is 1. The molecule has 5 rings (SSSR count). The zero-order valence-corrected chi connectivity index (χ0v) is 18.6. The van der Waals surface area contributed by atoms with Crippen LogP contribution in [-0.2, 0) is 16.1 Å². The van der Waals surface area contributed by atoms with Crippen molar-refractivity contribution in [1.29, 1.82) is 0 Å². The third-order valence-corrected chi connectivity index (χ3v) is 5.95. The van der Waals surface area contributed by atoms with Crippen LogP contribution in [0.25, 0.3) is 22.7 Å². The van der Waals surface area contributed by atoms with Gasteiger partial charge in [-0.05, 0) is 42.8 Å². The highest BCUT2D eigenvalue weighted by Gasteiger charge is 2.22. The number of cyclic esters (lactones) is 1. The molecule has 0 fully saturated rings. The quantitative estimate of drug-likeness (QED) is 0.244. The first-order chi connectivity index (χ1) is 15.1. The predicted molar refractivity (Wildman–Crippen MR) is 128 cm³/mol. The van der Waals surface area contributed by atoms with E-state index in [2.05, 4.69) is 70.0 Å². The first-order valence-corrected chi connectivity index (χ1v) is 10.9. The van der Waals surface area contributed by atoms with E-state index in [9.17, 15) is 4.79 Å². The number of nitrogens with zero attached hydrogens (tertiary/aromatic N) is 1. The van der Waals surface area contributed by atoms with E-state index in [0.29, 0.717) is 11.3 Å². The second kappa shape index (κ2) is 8.05. The third-order valence-electron chi connectivity index (χ3n) is 5.42. The monoisotopic (exact) mass is 469 g/mol. The van der Waals surface area contributed by atoms with E-state index in [-0.39, 0.29) is 5.97 Å². The second-order valence-electron chi connectivity index (χ2n) is 7.72. The Bertz CT molecular complexity index is 1360. The number of hydrogen-bond acceptors (Lipinski definition) is 2. The molecular formula is C27H20BrNO2. The molecule has 4 aromatic rings. The van der Waals surface area contributed by atoms with E-state index < -0.39 is 0 Å². The molecule has 31 heavy (non-hydrogen) atoms. The molecule has 1 aliphatic rings. The topological polar surface area (TPSA) is 31.2 Å². The predicted octanol–water partition coefficient (Wildman–Crippen LogP) is 6.74. The highest BCUT2D eigenvalue weighted by Crippen LogP contribution is 2.30. The van der Waals surface area contributed by atoms with Crippen LogP contribution in [0.1, 0.15) is 22.3 Å². The number of esters is 1. The zero-order chi connectivity index (χ0) is 21.4. The number of para-hydroxylation sites is 1. The molecule has 0 aliphatic carbocycles. The molecule has 0 atom stereocenters. The number of carbonyl (C=O) groups is 1. The number of carbonyl (C=O) groups excluding carboxylic acids is 1. The molecular weight excluding hydrogens is 450 g/mol. The molecule has 4 heteroatoms. The van der Waals surface area contributed by atoms with Crippen molar-refractivity contribution in [3.8, 4) is 0 Å². The lowest BCUT2D eigenvalue weighted by Gasteiger charge is -2.06. The average Bonchev–Trinajstić information content (AvgIpc) is 3.30. The molecule has 0 bridgehead atoms. The summed E-state index contributed by atoms with van der Waals surface area (Å²) in [6.45, 7) is 2.88. The zero-order valence-electron chi connectivity index (χ0n) is 17.0. The molecule has 1 aromatic heterocycles. The molecule has 3 nitrogen and oxygen atoms in total. The van der Waals surface area contributed by atoms with E-state index in [0.717, 1.165) is 33.0 Å². The van der Waals surface area contributed by atoms with Gasteiger partial charge in [-0.25, -0.2) is 4.79 Å². The molecule has 0 saturated carbocycles. The van der Waals surface area contributed by atoms with E-state index in [1.165, 1.54) is 11.1 Å². The Kier molecular flexibility index (Phi) is 5.08. The molecule has 152 valence electrons. The number of fused-ring (bicyclic) bond motifs is 1. The summed E-state index contributed by atoms with van der Waals surface area (Å²) in [5.74, 6) is 0.251. The highest BCUT2D eigenvalue weighted by molar-refractivity contribution is 9.10. The summed E-state index contributed by atoms with van der Waals surface area (Å²) >= 11 is 3.43. The summed E-state index contributed by atoms with van der Waals surface area (Å²) in [7, 11) is 0. The molecule has 0 spiro atoms. The fourth-order valence-electron chi connectivity index (χ4n) is 3.94. The standard InChI is InChI=1S/C27H20BrNO2/c1-18-5-4-6-19(13-18)16-29-17-22(24-7-2-3-8-25(24)29)14-21-15-26(31-27(21)30)20-9-11-23(28)12-10-20/h2-15,17H,16H2,1H3/b21-14-. The number of ether oxygens (including phenoxy) is 1. The van der Waals surface area contributed by atoms with Crippen LogP contribution >= 0.6 is 15.9 Å². The smallest absolute Gasteiger partial charge is 0.343 e. The van der Waals surface area contributed by atoms with Crippen LogP contribution in [-0.4, -0.2) is 10.5 Å². The fourth-order valence-corrected chi connectivity index (χ4v) is 4.21. The van der Waals surface area contributed by atoms with Crippen molar-refractivity contribution < 1.29 is 9.53 Å². The lowest BCUT2D eigenvalue weighted by molar-refractivity contribution is -0.130. The van der Waals surface area contributed by atoms with Gasteiger partial charge in [0.25, 0.3) is 0 Å². The molecule has 0 N–H and O–H groups in total. The SMILES string of the molecule is Cc1cccc(Cn2cc(/C=C3/C=C(c4ccc(Br)cc4)OC3=O)c3ccccc32)c1. The normalized spacial score (nSPS) is 14.8. The average molecular weight is 470 g/mol.